The Bertz CT molecular complexity index is 607. The van der Waals surface area contributed by atoms with Gasteiger partial charge in [0.15, 0.2) is 5.96 Å². The Kier molecular flexibility index (Phi) is 13.5. The molecule has 13 heteroatoms. The van der Waals surface area contributed by atoms with Crippen LogP contribution < -0.4 is 38.9 Å². The van der Waals surface area contributed by atoms with Gasteiger partial charge in [0, 0.05) is 6.54 Å². The Labute approximate surface area is 175 Å². The zero-order valence-corrected chi connectivity index (χ0v) is 17.2. The van der Waals surface area contributed by atoms with Gasteiger partial charge in [-0.1, -0.05) is 0 Å². The molecule has 0 rings (SSSR count). The number of unbranched alkanes of at least 4 members (excludes halogenated alkanes) is 1. The second kappa shape index (κ2) is 15.0. The first-order chi connectivity index (χ1) is 14.1. The van der Waals surface area contributed by atoms with Crippen LogP contribution in [0.3, 0.4) is 0 Å². The van der Waals surface area contributed by atoms with Crippen LogP contribution in [0.4, 0.5) is 0 Å². The standard InChI is InChI=1S/C17H34N8O5/c1-10(19)14(28)24-12(6-4-8-22-17(20)21)16(30)25-11(5-2-3-7-18)15(29)23-9-13(26)27/h10-12H,2-9,18-19H2,1H3,(H,23,29)(H,24,28)(H,25,30)(H,26,27)(H4,20,21,22). The number of nitrogens with two attached hydrogens (primary N) is 4. The van der Waals surface area contributed by atoms with E-state index in [0.717, 1.165) is 0 Å². The number of carbonyl (C=O) groups is 4. The van der Waals surface area contributed by atoms with Crippen LogP contribution in [0, 0.1) is 0 Å². The predicted octanol–water partition coefficient (Wildman–Crippen LogP) is -3.31. The number of rotatable bonds is 15. The molecule has 0 saturated heterocycles. The fourth-order valence-corrected chi connectivity index (χ4v) is 2.40. The van der Waals surface area contributed by atoms with Crippen molar-refractivity contribution in [3.05, 3.63) is 0 Å². The first-order valence-electron chi connectivity index (χ1n) is 9.69. The Balaban J connectivity index is 5.18. The molecule has 0 radical (unpaired) electrons. The maximum Gasteiger partial charge on any atom is 0.322 e. The van der Waals surface area contributed by atoms with E-state index >= 15 is 0 Å². The van der Waals surface area contributed by atoms with Gasteiger partial charge in [-0.05, 0) is 45.6 Å². The number of amides is 3. The van der Waals surface area contributed by atoms with E-state index in [-0.39, 0.29) is 25.3 Å². The Morgan fingerprint density at radius 1 is 0.933 bits per heavy atom. The maximum absolute atomic E-state index is 12.7. The molecular weight excluding hydrogens is 396 g/mol. The molecule has 0 aromatic carbocycles. The van der Waals surface area contributed by atoms with E-state index in [9.17, 15) is 19.2 Å². The molecular formula is C17H34N8O5. The summed E-state index contributed by atoms with van der Waals surface area (Å²) >= 11 is 0. The molecule has 3 amide bonds. The molecule has 3 unspecified atom stereocenters. The Morgan fingerprint density at radius 3 is 2.03 bits per heavy atom. The highest BCUT2D eigenvalue weighted by Crippen LogP contribution is 2.05. The zero-order valence-electron chi connectivity index (χ0n) is 17.2. The second-order valence-corrected chi connectivity index (χ2v) is 6.76. The molecule has 0 aromatic rings. The van der Waals surface area contributed by atoms with Gasteiger partial charge in [-0.15, -0.1) is 0 Å². The van der Waals surface area contributed by atoms with Crippen LogP contribution in [0.25, 0.3) is 0 Å². The van der Waals surface area contributed by atoms with Crippen molar-refractivity contribution in [2.24, 2.45) is 27.9 Å². The molecule has 0 bridgehead atoms. The number of guanidine groups is 1. The lowest BCUT2D eigenvalue weighted by Crippen LogP contribution is -2.55. The molecule has 3 atom stereocenters. The highest BCUT2D eigenvalue weighted by Gasteiger charge is 2.27. The molecule has 0 heterocycles. The van der Waals surface area contributed by atoms with E-state index in [4.69, 9.17) is 28.0 Å². The summed E-state index contributed by atoms with van der Waals surface area (Å²) in [5.41, 5.74) is 21.5. The van der Waals surface area contributed by atoms with Gasteiger partial charge >= 0.3 is 5.97 Å². The summed E-state index contributed by atoms with van der Waals surface area (Å²) in [7, 11) is 0. The fraction of sp³-hybridized carbons (Fsp3) is 0.706. The van der Waals surface area contributed by atoms with Gasteiger partial charge in [0.1, 0.15) is 18.6 Å². The lowest BCUT2D eigenvalue weighted by atomic mass is 10.1. The average Bonchev–Trinajstić information content (AvgIpc) is 2.67. The third kappa shape index (κ3) is 12.5. The van der Waals surface area contributed by atoms with Crippen molar-refractivity contribution >= 4 is 29.7 Å². The molecule has 0 saturated carbocycles. The highest BCUT2D eigenvalue weighted by atomic mass is 16.4. The van der Waals surface area contributed by atoms with Gasteiger partial charge < -0.3 is 44.0 Å². The van der Waals surface area contributed by atoms with Crippen LogP contribution in [0.5, 0.6) is 0 Å². The van der Waals surface area contributed by atoms with Gasteiger partial charge in [0.25, 0.3) is 0 Å². The summed E-state index contributed by atoms with van der Waals surface area (Å²) in [4.78, 5) is 51.5. The summed E-state index contributed by atoms with van der Waals surface area (Å²) in [6.07, 6.45) is 2.02. The molecule has 30 heavy (non-hydrogen) atoms. The average molecular weight is 431 g/mol. The summed E-state index contributed by atoms with van der Waals surface area (Å²) in [5.74, 6) is -3.08. The molecule has 13 nitrogen and oxygen atoms in total. The molecule has 0 spiro atoms. The number of carboxylic acid groups (broad SMARTS) is 1. The van der Waals surface area contributed by atoms with Gasteiger partial charge in [-0.3, -0.25) is 24.2 Å². The normalized spacial score (nSPS) is 13.4. The van der Waals surface area contributed by atoms with E-state index in [1.165, 1.54) is 6.92 Å². The fourth-order valence-electron chi connectivity index (χ4n) is 2.40. The minimum atomic E-state index is -1.21. The highest BCUT2D eigenvalue weighted by molar-refractivity contribution is 5.93. The summed E-state index contributed by atoms with van der Waals surface area (Å²) in [6.45, 7) is 1.55. The number of hydrogen-bond donors (Lipinski definition) is 8. The number of aliphatic imine (C=N–C) groups is 1. The number of nitrogens with zero attached hydrogens (tertiary/aromatic N) is 1. The first-order valence-corrected chi connectivity index (χ1v) is 9.69. The van der Waals surface area contributed by atoms with Gasteiger partial charge in [-0.2, -0.15) is 0 Å². The third-order valence-corrected chi connectivity index (χ3v) is 3.99. The number of carboxylic acids is 1. The number of aliphatic carboxylic acids is 1. The molecule has 12 N–H and O–H groups in total. The van der Waals surface area contributed by atoms with Crippen molar-refractivity contribution in [3.63, 3.8) is 0 Å². The Morgan fingerprint density at radius 2 is 1.50 bits per heavy atom. The van der Waals surface area contributed by atoms with Gasteiger partial charge in [0.2, 0.25) is 17.7 Å². The van der Waals surface area contributed by atoms with Crippen LogP contribution >= 0.6 is 0 Å². The predicted molar refractivity (Wildman–Crippen MR) is 111 cm³/mol. The van der Waals surface area contributed by atoms with Crippen molar-refractivity contribution in [3.8, 4) is 0 Å². The summed E-state index contributed by atoms with van der Waals surface area (Å²) < 4.78 is 0. The monoisotopic (exact) mass is 430 g/mol. The van der Waals surface area contributed by atoms with Crippen molar-refractivity contribution in [1.29, 1.82) is 0 Å². The molecule has 0 aliphatic carbocycles. The van der Waals surface area contributed by atoms with Gasteiger partial charge in [-0.25, -0.2) is 0 Å². The lowest BCUT2D eigenvalue weighted by Gasteiger charge is -2.23. The minimum Gasteiger partial charge on any atom is -0.480 e. The maximum atomic E-state index is 12.7. The van der Waals surface area contributed by atoms with Crippen molar-refractivity contribution in [2.75, 3.05) is 19.6 Å². The SMILES string of the molecule is CC(N)C(=O)NC(CCCN=C(N)N)C(=O)NC(CCCCN)C(=O)NCC(=O)O. The first kappa shape index (κ1) is 27.1. The van der Waals surface area contributed by atoms with Crippen LogP contribution in [-0.4, -0.2) is 72.5 Å². The smallest absolute Gasteiger partial charge is 0.322 e. The van der Waals surface area contributed by atoms with Crippen LogP contribution in [0.15, 0.2) is 4.99 Å². The molecule has 0 aliphatic heterocycles. The van der Waals surface area contributed by atoms with E-state index in [2.05, 4.69) is 20.9 Å². The quantitative estimate of drug-likeness (QED) is 0.0735. The van der Waals surface area contributed by atoms with E-state index in [0.29, 0.717) is 25.8 Å². The third-order valence-electron chi connectivity index (χ3n) is 3.99. The van der Waals surface area contributed by atoms with Crippen molar-refractivity contribution < 1.29 is 24.3 Å². The topological polar surface area (TPSA) is 241 Å². The molecule has 0 fully saturated rings. The Hall–Kier alpha value is -2.93. The largest absolute Gasteiger partial charge is 0.480 e. The van der Waals surface area contributed by atoms with E-state index in [1.54, 1.807) is 0 Å². The van der Waals surface area contributed by atoms with E-state index < -0.39 is 48.4 Å². The van der Waals surface area contributed by atoms with Crippen LogP contribution in [0.1, 0.15) is 39.0 Å². The molecule has 0 aromatic heterocycles. The zero-order chi connectivity index (χ0) is 23.1. The lowest BCUT2D eigenvalue weighted by molar-refractivity contribution is -0.138. The number of hydrogen-bond acceptors (Lipinski definition) is 7. The van der Waals surface area contributed by atoms with Crippen molar-refractivity contribution in [1.82, 2.24) is 16.0 Å². The van der Waals surface area contributed by atoms with Crippen LogP contribution in [-0.2, 0) is 19.2 Å². The van der Waals surface area contributed by atoms with E-state index in [1.807, 2.05) is 0 Å². The second-order valence-electron chi connectivity index (χ2n) is 6.76. The van der Waals surface area contributed by atoms with Crippen LogP contribution in [0.2, 0.25) is 0 Å². The molecule has 0 aliphatic rings. The number of carbonyl (C=O) groups excluding carboxylic acids is 3. The number of nitrogens with one attached hydrogen (secondary N) is 3. The van der Waals surface area contributed by atoms with Gasteiger partial charge in [0.05, 0.1) is 6.04 Å². The minimum absolute atomic E-state index is 0.0920. The summed E-state index contributed by atoms with van der Waals surface area (Å²) in [6, 6.07) is -2.78. The molecule has 172 valence electrons. The van der Waals surface area contributed by atoms with Crippen molar-refractivity contribution in [2.45, 2.75) is 57.2 Å². The summed E-state index contributed by atoms with van der Waals surface area (Å²) in [5, 5.41) is 16.1.